The number of hydrogen-bond acceptors (Lipinski definition) is 4. The normalized spacial score (nSPS) is 10.4. The highest BCUT2D eigenvalue weighted by atomic mass is 32.1. The summed E-state index contributed by atoms with van der Waals surface area (Å²) in [5.41, 5.74) is 0.992. The molecule has 0 aromatic heterocycles. The van der Waals surface area contributed by atoms with Crippen LogP contribution < -0.4 is 5.32 Å². The Morgan fingerprint density at radius 2 is 1.95 bits per heavy atom. The number of amides is 1. The molecule has 106 valence electrons. The van der Waals surface area contributed by atoms with E-state index in [-0.39, 0.29) is 5.91 Å². The molecule has 0 spiro atoms. The van der Waals surface area contributed by atoms with Crippen LogP contribution in [0.4, 0.5) is 0 Å². The van der Waals surface area contributed by atoms with Crippen molar-refractivity contribution in [3.63, 3.8) is 0 Å². The number of nitrogens with one attached hydrogen (secondary N) is 1. The highest BCUT2D eigenvalue weighted by Gasteiger charge is 2.02. The van der Waals surface area contributed by atoms with Crippen LogP contribution in [0.25, 0.3) is 0 Å². The molecule has 1 aromatic rings. The standard InChI is InChI=1S/C14H21NO3S/c1-17-9-10-18-8-2-7-15-14(16)11-12-3-5-13(19)6-4-12/h3-6,19H,2,7-11H2,1H3,(H,15,16). The van der Waals surface area contributed by atoms with Crippen LogP contribution in [0.2, 0.25) is 0 Å². The van der Waals surface area contributed by atoms with Gasteiger partial charge < -0.3 is 14.8 Å². The molecule has 0 saturated heterocycles. The van der Waals surface area contributed by atoms with Gasteiger partial charge in [0.15, 0.2) is 0 Å². The molecule has 19 heavy (non-hydrogen) atoms. The van der Waals surface area contributed by atoms with E-state index in [1.54, 1.807) is 7.11 Å². The average molecular weight is 283 g/mol. The molecule has 0 bridgehead atoms. The molecule has 1 aromatic carbocycles. The lowest BCUT2D eigenvalue weighted by Gasteiger charge is -2.06. The summed E-state index contributed by atoms with van der Waals surface area (Å²) >= 11 is 4.20. The zero-order valence-electron chi connectivity index (χ0n) is 11.2. The number of benzene rings is 1. The van der Waals surface area contributed by atoms with Gasteiger partial charge in [0.25, 0.3) is 0 Å². The fraction of sp³-hybridized carbons (Fsp3) is 0.500. The Labute approximate surface area is 119 Å². The number of methoxy groups -OCH3 is 1. The third-order valence-electron chi connectivity index (χ3n) is 2.52. The Hall–Kier alpha value is -1.04. The molecule has 0 aliphatic rings. The van der Waals surface area contributed by atoms with Gasteiger partial charge in [0.2, 0.25) is 5.91 Å². The Bertz CT molecular complexity index is 367. The van der Waals surface area contributed by atoms with Crippen molar-refractivity contribution in [2.24, 2.45) is 0 Å². The van der Waals surface area contributed by atoms with Crippen molar-refractivity contribution in [1.82, 2.24) is 5.32 Å². The van der Waals surface area contributed by atoms with Gasteiger partial charge in [-0.05, 0) is 24.1 Å². The quantitative estimate of drug-likeness (QED) is 0.535. The van der Waals surface area contributed by atoms with Gasteiger partial charge in [0.1, 0.15) is 0 Å². The lowest BCUT2D eigenvalue weighted by atomic mass is 10.1. The first-order valence-corrected chi connectivity index (χ1v) is 6.78. The van der Waals surface area contributed by atoms with E-state index in [2.05, 4.69) is 17.9 Å². The number of ether oxygens (including phenoxy) is 2. The van der Waals surface area contributed by atoms with Crippen molar-refractivity contribution in [3.05, 3.63) is 29.8 Å². The first-order valence-electron chi connectivity index (χ1n) is 6.33. The molecule has 5 heteroatoms. The Kier molecular flexibility index (Phi) is 8.29. The highest BCUT2D eigenvalue weighted by Crippen LogP contribution is 2.08. The summed E-state index contributed by atoms with van der Waals surface area (Å²) in [5.74, 6) is 0.0313. The van der Waals surface area contributed by atoms with E-state index in [1.165, 1.54) is 0 Å². The molecular weight excluding hydrogens is 262 g/mol. The summed E-state index contributed by atoms with van der Waals surface area (Å²) in [6.45, 7) is 2.47. The first kappa shape index (κ1) is 16.0. The van der Waals surface area contributed by atoms with Crippen LogP contribution in [-0.4, -0.2) is 39.4 Å². The molecule has 1 N–H and O–H groups in total. The number of carbonyl (C=O) groups is 1. The van der Waals surface area contributed by atoms with Crippen LogP contribution in [0.3, 0.4) is 0 Å². The average Bonchev–Trinajstić information content (AvgIpc) is 2.40. The minimum absolute atomic E-state index is 0.0313. The largest absolute Gasteiger partial charge is 0.382 e. The number of hydrogen-bond donors (Lipinski definition) is 2. The maximum absolute atomic E-state index is 11.6. The van der Waals surface area contributed by atoms with Crippen molar-refractivity contribution < 1.29 is 14.3 Å². The van der Waals surface area contributed by atoms with E-state index in [0.29, 0.717) is 32.8 Å². The molecule has 0 radical (unpaired) electrons. The Balaban J connectivity index is 2.06. The summed E-state index contributed by atoms with van der Waals surface area (Å²) in [6.07, 6.45) is 1.21. The summed E-state index contributed by atoms with van der Waals surface area (Å²) in [5, 5.41) is 2.87. The molecule has 0 unspecified atom stereocenters. The van der Waals surface area contributed by atoms with Crippen molar-refractivity contribution in [1.29, 1.82) is 0 Å². The van der Waals surface area contributed by atoms with Crippen molar-refractivity contribution >= 4 is 18.5 Å². The third-order valence-corrected chi connectivity index (χ3v) is 2.82. The van der Waals surface area contributed by atoms with Crippen LogP contribution in [0.5, 0.6) is 0 Å². The predicted molar refractivity (Wildman–Crippen MR) is 77.7 cm³/mol. The topological polar surface area (TPSA) is 47.6 Å². The van der Waals surface area contributed by atoms with Crippen LogP contribution in [0.1, 0.15) is 12.0 Å². The smallest absolute Gasteiger partial charge is 0.224 e. The van der Waals surface area contributed by atoms with Crippen LogP contribution in [-0.2, 0) is 20.7 Å². The van der Waals surface area contributed by atoms with Gasteiger partial charge in [0.05, 0.1) is 19.6 Å². The van der Waals surface area contributed by atoms with Gasteiger partial charge in [-0.2, -0.15) is 0 Å². The summed E-state index contributed by atoms with van der Waals surface area (Å²) in [6, 6.07) is 7.59. The second kappa shape index (κ2) is 9.83. The van der Waals surface area contributed by atoms with Gasteiger partial charge in [-0.25, -0.2) is 0 Å². The third kappa shape index (κ3) is 7.87. The summed E-state index contributed by atoms with van der Waals surface area (Å²) in [7, 11) is 1.64. The van der Waals surface area contributed by atoms with Gasteiger partial charge in [-0.15, -0.1) is 12.6 Å². The molecule has 0 aliphatic heterocycles. The van der Waals surface area contributed by atoms with Gasteiger partial charge in [-0.3, -0.25) is 4.79 Å². The molecule has 0 saturated carbocycles. The van der Waals surface area contributed by atoms with E-state index >= 15 is 0 Å². The Morgan fingerprint density at radius 1 is 1.21 bits per heavy atom. The van der Waals surface area contributed by atoms with E-state index in [9.17, 15) is 4.79 Å². The SMILES string of the molecule is COCCOCCCNC(=O)Cc1ccc(S)cc1. The number of carbonyl (C=O) groups excluding carboxylic acids is 1. The van der Waals surface area contributed by atoms with Gasteiger partial charge in [-0.1, -0.05) is 12.1 Å². The van der Waals surface area contributed by atoms with Crippen molar-refractivity contribution in [3.8, 4) is 0 Å². The molecule has 0 atom stereocenters. The fourth-order valence-electron chi connectivity index (χ4n) is 1.51. The molecule has 0 heterocycles. The fourth-order valence-corrected chi connectivity index (χ4v) is 1.66. The van der Waals surface area contributed by atoms with E-state index in [1.807, 2.05) is 24.3 Å². The minimum atomic E-state index is 0.0313. The second-order valence-electron chi connectivity index (χ2n) is 4.15. The van der Waals surface area contributed by atoms with E-state index < -0.39 is 0 Å². The lowest BCUT2D eigenvalue weighted by Crippen LogP contribution is -2.26. The maximum Gasteiger partial charge on any atom is 0.224 e. The molecule has 1 amide bonds. The van der Waals surface area contributed by atoms with Gasteiger partial charge in [0, 0.05) is 25.2 Å². The Morgan fingerprint density at radius 3 is 2.63 bits per heavy atom. The number of rotatable bonds is 9. The van der Waals surface area contributed by atoms with Crippen LogP contribution in [0.15, 0.2) is 29.2 Å². The molecular formula is C14H21NO3S. The van der Waals surface area contributed by atoms with E-state index in [0.717, 1.165) is 16.9 Å². The molecule has 4 nitrogen and oxygen atoms in total. The van der Waals surface area contributed by atoms with E-state index in [4.69, 9.17) is 9.47 Å². The van der Waals surface area contributed by atoms with Crippen molar-refractivity contribution in [2.45, 2.75) is 17.7 Å². The van der Waals surface area contributed by atoms with Gasteiger partial charge >= 0.3 is 0 Å². The number of thiol groups is 1. The lowest BCUT2D eigenvalue weighted by molar-refractivity contribution is -0.120. The molecule has 0 aliphatic carbocycles. The highest BCUT2D eigenvalue weighted by molar-refractivity contribution is 7.80. The summed E-state index contributed by atoms with van der Waals surface area (Å²) < 4.78 is 10.2. The van der Waals surface area contributed by atoms with Crippen LogP contribution in [0, 0.1) is 0 Å². The first-order chi connectivity index (χ1) is 9.22. The zero-order chi connectivity index (χ0) is 13.9. The summed E-state index contributed by atoms with van der Waals surface area (Å²) in [4.78, 5) is 12.5. The minimum Gasteiger partial charge on any atom is -0.382 e. The maximum atomic E-state index is 11.6. The monoisotopic (exact) mass is 283 g/mol. The predicted octanol–water partition coefficient (Wildman–Crippen LogP) is 1.69. The van der Waals surface area contributed by atoms with Crippen molar-refractivity contribution in [2.75, 3.05) is 33.5 Å². The second-order valence-corrected chi connectivity index (χ2v) is 4.67. The zero-order valence-corrected chi connectivity index (χ0v) is 12.1. The van der Waals surface area contributed by atoms with Crippen LogP contribution >= 0.6 is 12.6 Å². The molecule has 1 rings (SSSR count). The molecule has 0 fully saturated rings.